The molecule has 0 saturated heterocycles. The van der Waals surface area contributed by atoms with Gasteiger partial charge >= 0.3 is 12.0 Å². The molecular formula is C13H22N2O3. The fourth-order valence-electron chi connectivity index (χ4n) is 2.30. The van der Waals surface area contributed by atoms with E-state index in [9.17, 15) is 14.7 Å². The molecule has 0 heterocycles. The molecule has 0 bridgehead atoms. The first-order valence-corrected chi connectivity index (χ1v) is 6.39. The van der Waals surface area contributed by atoms with E-state index in [-0.39, 0.29) is 12.1 Å². The minimum Gasteiger partial charge on any atom is -0.481 e. The summed E-state index contributed by atoms with van der Waals surface area (Å²) >= 11 is 0. The summed E-state index contributed by atoms with van der Waals surface area (Å²) in [5, 5.41) is 14.7. The molecule has 0 aromatic carbocycles. The lowest BCUT2D eigenvalue weighted by molar-refractivity contribution is -0.148. The molecule has 1 rings (SSSR count). The molecule has 18 heavy (non-hydrogen) atoms. The number of aliphatic carboxylic acids is 1. The largest absolute Gasteiger partial charge is 0.481 e. The van der Waals surface area contributed by atoms with Crippen molar-refractivity contribution in [1.29, 1.82) is 0 Å². The zero-order chi connectivity index (χ0) is 13.6. The summed E-state index contributed by atoms with van der Waals surface area (Å²) in [6, 6.07) is -0.560. The number of carbonyl (C=O) groups is 2. The third-order valence-corrected chi connectivity index (χ3v) is 3.58. The van der Waals surface area contributed by atoms with Gasteiger partial charge in [0.05, 0.1) is 5.41 Å². The number of amides is 2. The van der Waals surface area contributed by atoms with E-state index >= 15 is 0 Å². The van der Waals surface area contributed by atoms with Crippen LogP contribution in [0.4, 0.5) is 4.79 Å². The molecule has 2 amide bonds. The number of rotatable bonds is 5. The van der Waals surface area contributed by atoms with E-state index in [4.69, 9.17) is 0 Å². The van der Waals surface area contributed by atoms with Gasteiger partial charge in [-0.05, 0) is 33.1 Å². The quantitative estimate of drug-likeness (QED) is 0.518. The predicted octanol–water partition coefficient (Wildman–Crippen LogP) is 1.90. The molecule has 2 unspecified atom stereocenters. The van der Waals surface area contributed by atoms with Gasteiger partial charge in [-0.3, -0.25) is 4.79 Å². The monoisotopic (exact) mass is 254 g/mol. The smallest absolute Gasteiger partial charge is 0.315 e. The van der Waals surface area contributed by atoms with E-state index in [1.807, 2.05) is 19.1 Å². The molecular weight excluding hydrogens is 232 g/mol. The van der Waals surface area contributed by atoms with E-state index in [0.29, 0.717) is 13.0 Å². The highest BCUT2D eigenvalue weighted by atomic mass is 16.4. The molecule has 1 aliphatic carbocycles. The van der Waals surface area contributed by atoms with Crippen molar-refractivity contribution < 1.29 is 14.7 Å². The molecule has 5 heteroatoms. The Kier molecular flexibility index (Phi) is 5.19. The summed E-state index contributed by atoms with van der Waals surface area (Å²) in [7, 11) is 0. The van der Waals surface area contributed by atoms with Gasteiger partial charge in [-0.2, -0.15) is 0 Å². The molecule has 0 aromatic heterocycles. The van der Waals surface area contributed by atoms with Crippen LogP contribution in [0.25, 0.3) is 0 Å². The van der Waals surface area contributed by atoms with Crippen LogP contribution in [0.5, 0.6) is 0 Å². The Morgan fingerprint density at radius 3 is 2.83 bits per heavy atom. The molecule has 0 aromatic rings. The van der Waals surface area contributed by atoms with Gasteiger partial charge in [-0.25, -0.2) is 4.79 Å². The Bertz CT molecular complexity index is 341. The van der Waals surface area contributed by atoms with Crippen LogP contribution in [0.15, 0.2) is 12.2 Å². The van der Waals surface area contributed by atoms with E-state index in [1.165, 1.54) is 0 Å². The van der Waals surface area contributed by atoms with Gasteiger partial charge in [-0.1, -0.05) is 18.6 Å². The first kappa shape index (κ1) is 14.5. The lowest BCUT2D eigenvalue weighted by Crippen LogP contribution is -2.50. The lowest BCUT2D eigenvalue weighted by atomic mass is 9.85. The number of carbonyl (C=O) groups excluding carboxylic acids is 1. The first-order valence-electron chi connectivity index (χ1n) is 6.39. The normalized spacial score (nSPS) is 27.3. The number of nitrogens with one attached hydrogen (secondary N) is 2. The second-order valence-electron chi connectivity index (χ2n) is 4.93. The summed E-state index contributed by atoms with van der Waals surface area (Å²) in [6.45, 7) is 4.19. The van der Waals surface area contributed by atoms with Crippen LogP contribution in [0.1, 0.15) is 39.5 Å². The third-order valence-electron chi connectivity index (χ3n) is 3.58. The van der Waals surface area contributed by atoms with Crippen LogP contribution < -0.4 is 10.6 Å². The molecule has 102 valence electrons. The topological polar surface area (TPSA) is 78.4 Å². The Labute approximate surface area is 108 Å². The summed E-state index contributed by atoms with van der Waals surface area (Å²) in [5.41, 5.74) is -0.833. The fraction of sp³-hybridized carbons (Fsp3) is 0.692. The van der Waals surface area contributed by atoms with Crippen LogP contribution in [-0.2, 0) is 4.79 Å². The molecule has 0 radical (unpaired) electrons. The number of carboxylic acid groups (broad SMARTS) is 1. The van der Waals surface area contributed by atoms with Crippen molar-refractivity contribution in [2.75, 3.05) is 6.54 Å². The average Bonchev–Trinajstić information content (AvgIpc) is 2.68. The summed E-state index contributed by atoms with van der Waals surface area (Å²) in [4.78, 5) is 22.9. The molecule has 2 atom stereocenters. The minimum absolute atomic E-state index is 0.279. The highest BCUT2D eigenvalue weighted by Gasteiger charge is 2.45. The van der Waals surface area contributed by atoms with Gasteiger partial charge in [0.25, 0.3) is 0 Å². The number of carboxylic acids is 1. The van der Waals surface area contributed by atoms with Crippen molar-refractivity contribution in [1.82, 2.24) is 10.6 Å². The number of allylic oxidation sites excluding steroid dienone is 1. The summed E-state index contributed by atoms with van der Waals surface area (Å²) in [6.07, 6.45) is 6.86. The summed E-state index contributed by atoms with van der Waals surface area (Å²) in [5.74, 6) is -0.834. The standard InChI is InChI=1S/C13H22N2O3/c1-3-4-5-9-14-12(18)15-10-7-6-8-13(10,2)11(16)17/h3-4,10H,5-9H2,1-2H3,(H,16,17)(H2,14,15,18)/b4-3+. The van der Waals surface area contributed by atoms with E-state index in [0.717, 1.165) is 19.3 Å². The number of urea groups is 1. The van der Waals surface area contributed by atoms with Gasteiger partial charge < -0.3 is 15.7 Å². The molecule has 1 fully saturated rings. The van der Waals surface area contributed by atoms with Crippen molar-refractivity contribution in [3.8, 4) is 0 Å². The van der Waals surface area contributed by atoms with Gasteiger partial charge in [0.1, 0.15) is 0 Å². The molecule has 5 nitrogen and oxygen atoms in total. The Balaban J connectivity index is 2.41. The lowest BCUT2D eigenvalue weighted by Gasteiger charge is -2.27. The van der Waals surface area contributed by atoms with Crippen LogP contribution in [0.3, 0.4) is 0 Å². The van der Waals surface area contributed by atoms with E-state index in [2.05, 4.69) is 10.6 Å². The molecule has 1 aliphatic rings. The Morgan fingerprint density at radius 1 is 1.50 bits per heavy atom. The van der Waals surface area contributed by atoms with Gasteiger partial charge in [-0.15, -0.1) is 0 Å². The zero-order valence-corrected chi connectivity index (χ0v) is 11.0. The number of hydrogen-bond donors (Lipinski definition) is 3. The summed E-state index contributed by atoms with van der Waals surface area (Å²) < 4.78 is 0. The molecule has 1 saturated carbocycles. The van der Waals surface area contributed by atoms with Crippen LogP contribution >= 0.6 is 0 Å². The van der Waals surface area contributed by atoms with Crippen molar-refractivity contribution in [3.63, 3.8) is 0 Å². The SMILES string of the molecule is C/C=C/CCNC(=O)NC1CCCC1(C)C(=O)O. The van der Waals surface area contributed by atoms with Crippen LogP contribution in [0.2, 0.25) is 0 Å². The van der Waals surface area contributed by atoms with Gasteiger partial charge in [0.15, 0.2) is 0 Å². The maximum atomic E-state index is 11.6. The van der Waals surface area contributed by atoms with Crippen molar-refractivity contribution in [2.45, 2.75) is 45.6 Å². The molecule has 0 aliphatic heterocycles. The molecule has 3 N–H and O–H groups in total. The zero-order valence-electron chi connectivity index (χ0n) is 11.0. The average molecular weight is 254 g/mol. The second-order valence-corrected chi connectivity index (χ2v) is 4.93. The van der Waals surface area contributed by atoms with Crippen molar-refractivity contribution >= 4 is 12.0 Å². The minimum atomic E-state index is -0.834. The maximum absolute atomic E-state index is 11.6. The van der Waals surface area contributed by atoms with Crippen LogP contribution in [-0.4, -0.2) is 29.7 Å². The highest BCUT2D eigenvalue weighted by molar-refractivity contribution is 5.79. The van der Waals surface area contributed by atoms with Gasteiger partial charge in [0.2, 0.25) is 0 Å². The Hall–Kier alpha value is -1.52. The van der Waals surface area contributed by atoms with Crippen molar-refractivity contribution in [2.24, 2.45) is 5.41 Å². The van der Waals surface area contributed by atoms with E-state index < -0.39 is 11.4 Å². The van der Waals surface area contributed by atoms with E-state index in [1.54, 1.807) is 6.92 Å². The second kappa shape index (κ2) is 6.42. The predicted molar refractivity (Wildman–Crippen MR) is 69.3 cm³/mol. The fourth-order valence-corrected chi connectivity index (χ4v) is 2.30. The first-order chi connectivity index (χ1) is 8.50. The highest BCUT2D eigenvalue weighted by Crippen LogP contribution is 2.38. The van der Waals surface area contributed by atoms with Crippen molar-refractivity contribution in [3.05, 3.63) is 12.2 Å². The Morgan fingerprint density at radius 2 is 2.22 bits per heavy atom. The third kappa shape index (κ3) is 3.48. The molecule has 0 spiro atoms. The maximum Gasteiger partial charge on any atom is 0.315 e. The van der Waals surface area contributed by atoms with Gasteiger partial charge in [0, 0.05) is 12.6 Å². The number of hydrogen-bond acceptors (Lipinski definition) is 2. The van der Waals surface area contributed by atoms with Crippen LogP contribution in [0, 0.1) is 5.41 Å².